The first-order chi connectivity index (χ1) is 13.2. The van der Waals surface area contributed by atoms with Crippen molar-refractivity contribution in [3.63, 3.8) is 0 Å². The highest BCUT2D eigenvalue weighted by molar-refractivity contribution is 5.94. The maximum absolute atomic E-state index is 12.8. The second-order valence-electron chi connectivity index (χ2n) is 7.26. The van der Waals surface area contributed by atoms with Gasteiger partial charge in [-0.2, -0.15) is 5.10 Å². The van der Waals surface area contributed by atoms with Crippen LogP contribution in [-0.4, -0.2) is 49.5 Å². The molecule has 0 atom stereocenters. The minimum absolute atomic E-state index is 0.115. The molecule has 1 saturated heterocycles. The molecule has 4 rings (SSSR count). The van der Waals surface area contributed by atoms with Gasteiger partial charge in [-0.25, -0.2) is 0 Å². The number of nitrogens with zero attached hydrogens (tertiary/aromatic N) is 1. The summed E-state index contributed by atoms with van der Waals surface area (Å²) in [6, 6.07) is 8.14. The maximum Gasteiger partial charge on any atom is 0.272 e. The van der Waals surface area contributed by atoms with Crippen LogP contribution in [0.1, 0.15) is 40.2 Å². The normalized spacial score (nSPS) is 18.6. The highest BCUT2D eigenvalue weighted by Gasteiger charge is 2.35. The van der Waals surface area contributed by atoms with Crippen molar-refractivity contribution in [2.75, 3.05) is 33.4 Å². The largest absolute Gasteiger partial charge is 0.497 e. The Bertz CT molecular complexity index is 794. The standard InChI is InChI=1S/C20H26N4O3/c1-26-15-4-2-14(3-5-15)20(7-10-27-11-8-20)13-22-19(25)18-16-12-21-9-6-17(16)23-24-18/h2-5,21H,6-13H2,1H3,(H,22,25)(H,23,24). The van der Waals surface area contributed by atoms with Crippen LogP contribution in [0.3, 0.4) is 0 Å². The van der Waals surface area contributed by atoms with Crippen molar-refractivity contribution in [1.82, 2.24) is 20.8 Å². The fourth-order valence-corrected chi connectivity index (χ4v) is 4.02. The number of carbonyl (C=O) groups excluding carboxylic acids is 1. The van der Waals surface area contributed by atoms with Gasteiger partial charge in [0.15, 0.2) is 5.69 Å². The van der Waals surface area contributed by atoms with Gasteiger partial charge in [-0.05, 0) is 30.5 Å². The molecule has 1 aromatic heterocycles. The topological polar surface area (TPSA) is 88.3 Å². The van der Waals surface area contributed by atoms with E-state index in [4.69, 9.17) is 9.47 Å². The molecule has 0 bridgehead atoms. The van der Waals surface area contributed by atoms with Crippen LogP contribution in [0.5, 0.6) is 5.75 Å². The highest BCUT2D eigenvalue weighted by atomic mass is 16.5. The number of carbonyl (C=O) groups is 1. The molecule has 27 heavy (non-hydrogen) atoms. The molecular formula is C20H26N4O3. The lowest BCUT2D eigenvalue weighted by molar-refractivity contribution is 0.0486. The average molecular weight is 370 g/mol. The number of amides is 1. The van der Waals surface area contributed by atoms with Gasteiger partial charge in [0, 0.05) is 55.9 Å². The summed E-state index contributed by atoms with van der Waals surface area (Å²) in [5.74, 6) is 0.719. The molecule has 2 aliphatic heterocycles. The molecule has 0 radical (unpaired) electrons. The van der Waals surface area contributed by atoms with Crippen LogP contribution < -0.4 is 15.4 Å². The van der Waals surface area contributed by atoms with Crippen LogP contribution in [0.2, 0.25) is 0 Å². The summed E-state index contributed by atoms with van der Waals surface area (Å²) < 4.78 is 10.9. The molecule has 7 nitrogen and oxygen atoms in total. The van der Waals surface area contributed by atoms with Crippen molar-refractivity contribution in [1.29, 1.82) is 0 Å². The molecule has 0 unspecified atom stereocenters. The van der Waals surface area contributed by atoms with E-state index in [0.717, 1.165) is 42.8 Å². The Morgan fingerprint density at radius 3 is 2.81 bits per heavy atom. The SMILES string of the molecule is COc1ccc(C2(CNC(=O)c3n[nH]c4c3CNCC4)CCOCC2)cc1. The van der Waals surface area contributed by atoms with E-state index in [1.54, 1.807) is 7.11 Å². The Balaban J connectivity index is 1.52. The first-order valence-electron chi connectivity index (χ1n) is 9.49. The van der Waals surface area contributed by atoms with Gasteiger partial charge in [0.1, 0.15) is 5.75 Å². The summed E-state index contributed by atoms with van der Waals surface area (Å²) in [6.07, 6.45) is 2.63. The highest BCUT2D eigenvalue weighted by Crippen LogP contribution is 2.35. The van der Waals surface area contributed by atoms with Crippen LogP contribution in [0.15, 0.2) is 24.3 Å². The van der Waals surface area contributed by atoms with Crippen LogP contribution in [0.4, 0.5) is 0 Å². The second kappa shape index (κ2) is 7.70. The van der Waals surface area contributed by atoms with E-state index in [-0.39, 0.29) is 11.3 Å². The molecule has 1 amide bonds. The van der Waals surface area contributed by atoms with Gasteiger partial charge in [-0.3, -0.25) is 9.89 Å². The third kappa shape index (κ3) is 3.57. The van der Waals surface area contributed by atoms with Gasteiger partial charge in [-0.1, -0.05) is 12.1 Å². The molecular weight excluding hydrogens is 344 g/mol. The predicted molar refractivity (Wildman–Crippen MR) is 101 cm³/mol. The summed E-state index contributed by atoms with van der Waals surface area (Å²) in [6.45, 7) is 3.56. The Labute approximate surface area is 158 Å². The fraction of sp³-hybridized carbons (Fsp3) is 0.500. The number of nitrogens with one attached hydrogen (secondary N) is 3. The van der Waals surface area contributed by atoms with E-state index in [9.17, 15) is 4.79 Å². The number of fused-ring (bicyclic) bond motifs is 1. The fourth-order valence-electron chi connectivity index (χ4n) is 4.02. The molecule has 2 aliphatic rings. The molecule has 0 saturated carbocycles. The van der Waals surface area contributed by atoms with Crippen molar-refractivity contribution in [2.45, 2.75) is 31.2 Å². The van der Waals surface area contributed by atoms with E-state index in [1.165, 1.54) is 5.56 Å². The van der Waals surface area contributed by atoms with Crippen molar-refractivity contribution in [3.05, 3.63) is 46.8 Å². The van der Waals surface area contributed by atoms with Crippen LogP contribution in [0, 0.1) is 0 Å². The van der Waals surface area contributed by atoms with Crippen molar-refractivity contribution in [3.8, 4) is 5.75 Å². The zero-order valence-electron chi connectivity index (χ0n) is 15.6. The Morgan fingerprint density at radius 1 is 1.30 bits per heavy atom. The quantitative estimate of drug-likeness (QED) is 0.743. The predicted octanol–water partition coefficient (Wildman–Crippen LogP) is 1.54. The van der Waals surface area contributed by atoms with E-state index in [2.05, 4.69) is 33.0 Å². The zero-order valence-corrected chi connectivity index (χ0v) is 15.6. The molecule has 3 heterocycles. The van der Waals surface area contributed by atoms with E-state index >= 15 is 0 Å². The molecule has 0 spiro atoms. The average Bonchev–Trinajstić information content (AvgIpc) is 3.17. The first kappa shape index (κ1) is 18.0. The monoisotopic (exact) mass is 370 g/mol. The van der Waals surface area contributed by atoms with Gasteiger partial charge in [0.25, 0.3) is 5.91 Å². The van der Waals surface area contributed by atoms with Crippen LogP contribution in [0.25, 0.3) is 0 Å². The summed E-state index contributed by atoms with van der Waals surface area (Å²) in [4.78, 5) is 12.8. The second-order valence-corrected chi connectivity index (χ2v) is 7.26. The summed E-state index contributed by atoms with van der Waals surface area (Å²) in [5, 5.41) is 13.7. The Hall–Kier alpha value is -2.38. The molecule has 1 fully saturated rings. The first-order valence-corrected chi connectivity index (χ1v) is 9.49. The Kier molecular flexibility index (Phi) is 5.13. The molecule has 0 aliphatic carbocycles. The molecule has 7 heteroatoms. The number of H-pyrrole nitrogens is 1. The number of benzene rings is 1. The molecule has 1 aromatic carbocycles. The number of hydrogen-bond acceptors (Lipinski definition) is 5. The van der Waals surface area contributed by atoms with Gasteiger partial charge in [-0.15, -0.1) is 0 Å². The van der Waals surface area contributed by atoms with Crippen molar-refractivity contribution >= 4 is 5.91 Å². The smallest absolute Gasteiger partial charge is 0.272 e. The lowest BCUT2D eigenvalue weighted by Gasteiger charge is -2.38. The van der Waals surface area contributed by atoms with Crippen LogP contribution in [-0.2, 0) is 23.1 Å². The lowest BCUT2D eigenvalue weighted by atomic mass is 9.74. The van der Waals surface area contributed by atoms with Gasteiger partial charge in [0.2, 0.25) is 0 Å². The summed E-state index contributed by atoms with van der Waals surface area (Å²) in [5.41, 5.74) is 3.64. The zero-order chi connectivity index (χ0) is 18.7. The van der Waals surface area contributed by atoms with Gasteiger partial charge >= 0.3 is 0 Å². The van der Waals surface area contributed by atoms with Crippen molar-refractivity contribution < 1.29 is 14.3 Å². The summed E-state index contributed by atoms with van der Waals surface area (Å²) >= 11 is 0. The lowest BCUT2D eigenvalue weighted by Crippen LogP contribution is -2.45. The number of aromatic nitrogens is 2. The minimum atomic E-state index is -0.130. The molecule has 3 N–H and O–H groups in total. The number of rotatable bonds is 5. The summed E-state index contributed by atoms with van der Waals surface area (Å²) in [7, 11) is 1.67. The third-order valence-corrected chi connectivity index (χ3v) is 5.76. The molecule has 2 aromatic rings. The number of hydrogen-bond donors (Lipinski definition) is 3. The van der Waals surface area contributed by atoms with E-state index in [0.29, 0.717) is 32.0 Å². The minimum Gasteiger partial charge on any atom is -0.497 e. The third-order valence-electron chi connectivity index (χ3n) is 5.76. The van der Waals surface area contributed by atoms with Crippen LogP contribution >= 0.6 is 0 Å². The van der Waals surface area contributed by atoms with E-state index in [1.807, 2.05) is 12.1 Å². The number of methoxy groups -OCH3 is 1. The number of ether oxygens (including phenoxy) is 2. The van der Waals surface area contributed by atoms with Gasteiger partial charge in [0.05, 0.1) is 7.11 Å². The Morgan fingerprint density at radius 2 is 2.07 bits per heavy atom. The molecule has 144 valence electrons. The van der Waals surface area contributed by atoms with Crippen molar-refractivity contribution in [2.24, 2.45) is 0 Å². The number of aromatic amines is 1. The van der Waals surface area contributed by atoms with Gasteiger partial charge < -0.3 is 20.1 Å². The maximum atomic E-state index is 12.8. The van der Waals surface area contributed by atoms with E-state index < -0.39 is 0 Å².